The van der Waals surface area contributed by atoms with Gasteiger partial charge in [0.25, 0.3) is 11.8 Å². The summed E-state index contributed by atoms with van der Waals surface area (Å²) < 4.78 is 0. The zero-order valence-electron chi connectivity index (χ0n) is 15.6. The summed E-state index contributed by atoms with van der Waals surface area (Å²) >= 11 is 0. The molecule has 2 aromatic carbocycles. The second kappa shape index (κ2) is 7.53. The van der Waals surface area contributed by atoms with Gasteiger partial charge in [0.15, 0.2) is 0 Å². The second-order valence-electron chi connectivity index (χ2n) is 7.59. The summed E-state index contributed by atoms with van der Waals surface area (Å²) in [5, 5.41) is 5.99. The fourth-order valence-electron chi connectivity index (χ4n) is 4.25. The summed E-state index contributed by atoms with van der Waals surface area (Å²) in [6.45, 7) is 3.21. The predicted molar refractivity (Wildman–Crippen MR) is 105 cm³/mol. The number of rotatable bonds is 4. The third kappa shape index (κ3) is 3.74. The van der Waals surface area contributed by atoms with Crippen LogP contribution in [0, 0.1) is 5.92 Å². The molecule has 2 N–H and O–H groups in total. The first-order valence-electron chi connectivity index (χ1n) is 9.54. The molecule has 5 heteroatoms. The van der Waals surface area contributed by atoms with E-state index in [1.165, 1.54) is 5.56 Å². The highest BCUT2D eigenvalue weighted by atomic mass is 16.2. The molecule has 0 aliphatic carbocycles. The fraction of sp³-hybridized carbons (Fsp3) is 0.364. The molecular formula is C22H25N3O2. The van der Waals surface area contributed by atoms with Gasteiger partial charge >= 0.3 is 0 Å². The molecule has 2 amide bonds. The monoisotopic (exact) mass is 363 g/mol. The highest BCUT2D eigenvalue weighted by molar-refractivity contribution is 6.01. The molecule has 27 heavy (non-hydrogen) atoms. The van der Waals surface area contributed by atoms with E-state index >= 15 is 0 Å². The predicted octanol–water partition coefficient (Wildman–Crippen LogP) is 2.05. The summed E-state index contributed by atoms with van der Waals surface area (Å²) in [6, 6.07) is 15.7. The van der Waals surface area contributed by atoms with Gasteiger partial charge in [0, 0.05) is 43.2 Å². The highest BCUT2D eigenvalue weighted by Crippen LogP contribution is 2.35. The molecule has 4 rings (SSSR count). The minimum Gasteiger partial charge on any atom is -0.352 e. The largest absolute Gasteiger partial charge is 0.352 e. The molecule has 0 bridgehead atoms. The number of carbonyl (C=O) groups is 2. The Hall–Kier alpha value is -2.66. The molecule has 0 aromatic heterocycles. The normalized spacial score (nSPS) is 21.7. The maximum atomic E-state index is 12.5. The van der Waals surface area contributed by atoms with E-state index in [0.29, 0.717) is 36.1 Å². The molecule has 2 aliphatic rings. The van der Waals surface area contributed by atoms with Crippen LogP contribution in [0.4, 0.5) is 0 Å². The molecular weight excluding hydrogens is 338 g/mol. The maximum absolute atomic E-state index is 12.5. The first-order chi connectivity index (χ1) is 13.1. The van der Waals surface area contributed by atoms with Crippen LogP contribution in [0.3, 0.4) is 0 Å². The van der Waals surface area contributed by atoms with Gasteiger partial charge < -0.3 is 15.5 Å². The Balaban J connectivity index is 1.48. The molecule has 0 unspecified atom stereocenters. The molecule has 1 saturated heterocycles. The number of hydrogen-bond acceptors (Lipinski definition) is 3. The summed E-state index contributed by atoms with van der Waals surface area (Å²) in [7, 11) is 2.12. The summed E-state index contributed by atoms with van der Waals surface area (Å²) in [5.41, 5.74) is 3.45. The van der Waals surface area contributed by atoms with Gasteiger partial charge in [0.1, 0.15) is 0 Å². The summed E-state index contributed by atoms with van der Waals surface area (Å²) in [6.07, 6.45) is 0.786. The first-order valence-corrected chi connectivity index (χ1v) is 9.54. The summed E-state index contributed by atoms with van der Waals surface area (Å²) in [4.78, 5) is 27.4. The van der Waals surface area contributed by atoms with Crippen LogP contribution < -0.4 is 10.6 Å². The molecule has 1 fully saturated rings. The van der Waals surface area contributed by atoms with Crippen molar-refractivity contribution in [3.05, 3.63) is 70.8 Å². The lowest BCUT2D eigenvalue weighted by Crippen LogP contribution is -2.29. The molecule has 140 valence electrons. The third-order valence-corrected chi connectivity index (χ3v) is 5.65. The Morgan fingerprint density at radius 2 is 2.00 bits per heavy atom. The number of likely N-dealkylation sites (N-methyl/N-ethyl adjacent to an activating group) is 1. The first kappa shape index (κ1) is 17.7. The van der Waals surface area contributed by atoms with E-state index < -0.39 is 0 Å². The van der Waals surface area contributed by atoms with Crippen molar-refractivity contribution in [2.45, 2.75) is 12.3 Å². The van der Waals surface area contributed by atoms with Crippen LogP contribution in [0.15, 0.2) is 48.5 Å². The van der Waals surface area contributed by atoms with Gasteiger partial charge in [-0.15, -0.1) is 0 Å². The van der Waals surface area contributed by atoms with Crippen molar-refractivity contribution in [3.8, 4) is 0 Å². The minimum atomic E-state index is -0.133. The molecule has 0 spiro atoms. The SMILES string of the molecule is CN1C[C@H]2CNC(=O)c3cc(C(=O)NCCc4ccccc4)ccc3[C@@H]2C1. The number of carbonyl (C=O) groups excluding carboxylic acids is 2. The Labute approximate surface area is 159 Å². The summed E-state index contributed by atoms with van der Waals surface area (Å²) in [5.74, 6) is 0.580. The van der Waals surface area contributed by atoms with Crippen LogP contribution in [-0.4, -0.2) is 49.9 Å². The zero-order chi connectivity index (χ0) is 18.8. The van der Waals surface area contributed by atoms with Gasteiger partial charge in [-0.3, -0.25) is 9.59 Å². The van der Waals surface area contributed by atoms with E-state index in [9.17, 15) is 9.59 Å². The standard InChI is InChI=1S/C22H25N3O2/c1-25-13-17-12-24-22(27)19-11-16(7-8-18(19)20(17)14-25)21(26)23-10-9-15-5-3-2-4-6-15/h2-8,11,17,20H,9-10,12-14H2,1H3,(H,23,26)(H,24,27)/t17-,20-/m1/s1. The fourth-order valence-corrected chi connectivity index (χ4v) is 4.25. The smallest absolute Gasteiger partial charge is 0.251 e. The van der Waals surface area contributed by atoms with Gasteiger partial charge in [-0.1, -0.05) is 36.4 Å². The van der Waals surface area contributed by atoms with Gasteiger partial charge in [0.05, 0.1) is 0 Å². The van der Waals surface area contributed by atoms with Crippen molar-refractivity contribution in [2.75, 3.05) is 33.2 Å². The number of hydrogen-bond donors (Lipinski definition) is 2. The Bertz CT molecular complexity index is 850. The third-order valence-electron chi connectivity index (χ3n) is 5.65. The highest BCUT2D eigenvalue weighted by Gasteiger charge is 2.36. The molecule has 0 saturated carbocycles. The average Bonchev–Trinajstić information content (AvgIpc) is 3.01. The van der Waals surface area contributed by atoms with Crippen molar-refractivity contribution in [1.82, 2.24) is 15.5 Å². The van der Waals surface area contributed by atoms with Gasteiger partial charge in [-0.05, 0) is 42.6 Å². The lowest BCUT2D eigenvalue weighted by molar-refractivity contribution is 0.0951. The number of fused-ring (bicyclic) bond motifs is 3. The zero-order valence-corrected chi connectivity index (χ0v) is 15.6. The van der Waals surface area contributed by atoms with Crippen LogP contribution in [0.2, 0.25) is 0 Å². The number of amides is 2. The van der Waals surface area contributed by atoms with Crippen LogP contribution >= 0.6 is 0 Å². The second-order valence-corrected chi connectivity index (χ2v) is 7.59. The van der Waals surface area contributed by atoms with E-state index in [0.717, 1.165) is 25.1 Å². The van der Waals surface area contributed by atoms with Crippen molar-refractivity contribution in [2.24, 2.45) is 5.92 Å². The lowest BCUT2D eigenvalue weighted by Gasteiger charge is -2.16. The van der Waals surface area contributed by atoms with E-state index in [1.54, 1.807) is 6.07 Å². The van der Waals surface area contributed by atoms with Gasteiger partial charge in [0.2, 0.25) is 0 Å². The number of benzene rings is 2. The Morgan fingerprint density at radius 3 is 2.81 bits per heavy atom. The van der Waals surface area contributed by atoms with Crippen LogP contribution in [-0.2, 0) is 6.42 Å². The number of nitrogens with one attached hydrogen (secondary N) is 2. The van der Waals surface area contributed by atoms with Crippen LogP contribution in [0.5, 0.6) is 0 Å². The quantitative estimate of drug-likeness (QED) is 0.874. The van der Waals surface area contributed by atoms with E-state index in [1.807, 2.05) is 42.5 Å². The number of likely N-dealkylation sites (tertiary alicyclic amines) is 1. The van der Waals surface area contributed by atoms with Crippen molar-refractivity contribution >= 4 is 11.8 Å². The van der Waals surface area contributed by atoms with Crippen molar-refractivity contribution in [1.29, 1.82) is 0 Å². The van der Waals surface area contributed by atoms with E-state index in [-0.39, 0.29) is 11.8 Å². The maximum Gasteiger partial charge on any atom is 0.251 e. The topological polar surface area (TPSA) is 61.4 Å². The van der Waals surface area contributed by atoms with Gasteiger partial charge in [-0.2, -0.15) is 0 Å². The molecule has 2 atom stereocenters. The van der Waals surface area contributed by atoms with Crippen molar-refractivity contribution in [3.63, 3.8) is 0 Å². The molecule has 2 aliphatic heterocycles. The number of nitrogens with zero attached hydrogens (tertiary/aromatic N) is 1. The Morgan fingerprint density at radius 1 is 1.19 bits per heavy atom. The molecule has 2 heterocycles. The lowest BCUT2D eigenvalue weighted by atomic mass is 9.86. The molecule has 0 radical (unpaired) electrons. The van der Waals surface area contributed by atoms with Crippen LogP contribution in [0.25, 0.3) is 0 Å². The minimum absolute atomic E-state index is 0.0685. The molecule has 2 aromatic rings. The van der Waals surface area contributed by atoms with Crippen molar-refractivity contribution < 1.29 is 9.59 Å². The van der Waals surface area contributed by atoms with Gasteiger partial charge in [-0.25, -0.2) is 0 Å². The average molecular weight is 363 g/mol. The molecule has 5 nitrogen and oxygen atoms in total. The van der Waals surface area contributed by atoms with Crippen LogP contribution in [0.1, 0.15) is 37.8 Å². The van der Waals surface area contributed by atoms with E-state index in [4.69, 9.17) is 0 Å². The Kier molecular flexibility index (Phi) is 4.94. The van der Waals surface area contributed by atoms with E-state index in [2.05, 4.69) is 22.6 Å².